The van der Waals surface area contributed by atoms with Gasteiger partial charge in [-0.15, -0.1) is 0 Å². The monoisotopic (exact) mass is 1960 g/mol. The number of amides is 4. The number of hydrogen-bond acceptors (Lipinski definition) is 8. The molecule has 0 aliphatic heterocycles. The highest BCUT2D eigenvalue weighted by atomic mass is 16.2. The zero-order chi connectivity index (χ0) is 103. The van der Waals surface area contributed by atoms with Gasteiger partial charge in [-0.05, 0) is 196 Å². The number of carbonyl (C=O) groups excluding carboxylic acids is 8. The van der Waals surface area contributed by atoms with E-state index >= 15 is 0 Å². The molecule has 0 aliphatic carbocycles. The quantitative estimate of drug-likeness (QED) is 0.0163. The molecule has 1 aromatic carbocycles. The smallest absolute Gasteiger partial charge is 0.252 e. The van der Waals surface area contributed by atoms with E-state index in [1.54, 1.807) is 18.2 Å². The molecule has 4 atom stereocenters. The molecule has 4 unspecified atom stereocenters. The summed E-state index contributed by atoms with van der Waals surface area (Å²) in [5.74, 6) is -0.0862. The third kappa shape index (κ3) is 78.9. The molecule has 12 heteroatoms. The minimum absolute atomic E-state index is 0.108. The molecule has 0 saturated carbocycles. The summed E-state index contributed by atoms with van der Waals surface area (Å²) in [6.45, 7) is 32.7. The van der Waals surface area contributed by atoms with Crippen molar-refractivity contribution in [1.82, 2.24) is 21.3 Å². The van der Waals surface area contributed by atoms with E-state index in [0.29, 0.717) is 74.7 Å². The summed E-state index contributed by atoms with van der Waals surface area (Å²) < 4.78 is 0. The van der Waals surface area contributed by atoms with E-state index in [9.17, 15) is 38.4 Å². The van der Waals surface area contributed by atoms with Gasteiger partial charge in [-0.25, -0.2) is 0 Å². The number of unbranched alkanes of at least 4 members (excludes halogenated alkanes) is 53. The van der Waals surface area contributed by atoms with Crippen LogP contribution in [0.25, 0.3) is 0 Å². The maximum atomic E-state index is 14.3. The van der Waals surface area contributed by atoms with Crippen LogP contribution in [0.2, 0.25) is 0 Å². The van der Waals surface area contributed by atoms with Gasteiger partial charge in [0.05, 0.1) is 17.5 Å². The first-order chi connectivity index (χ1) is 69.0. The number of hydrogen-bond donors (Lipinski definition) is 4. The average Bonchev–Trinajstić information content (AvgIpc) is 0.782. The van der Waals surface area contributed by atoms with Crippen molar-refractivity contribution in [2.24, 2.45) is 23.7 Å². The maximum absolute atomic E-state index is 14.3. The molecule has 12 nitrogen and oxygen atoms in total. The number of nitrogens with one attached hydrogen (secondary N) is 4. The molecule has 0 radical (unpaired) electrons. The third-order valence-corrected chi connectivity index (χ3v) is 29.5. The van der Waals surface area contributed by atoms with Crippen LogP contribution < -0.4 is 21.3 Å². The van der Waals surface area contributed by atoms with Crippen LogP contribution in [0.4, 0.5) is 0 Å². The summed E-state index contributed by atoms with van der Waals surface area (Å²) >= 11 is 0. The molecule has 0 heterocycles. The molecule has 0 aromatic heterocycles. The van der Waals surface area contributed by atoms with Gasteiger partial charge in [0, 0.05) is 79.7 Å². The van der Waals surface area contributed by atoms with Crippen molar-refractivity contribution < 1.29 is 38.4 Å². The molecule has 0 bridgehead atoms. The van der Waals surface area contributed by atoms with Crippen LogP contribution in [0.5, 0.6) is 0 Å². The number of carbonyl (C=O) groups is 8. The predicted molar refractivity (Wildman–Crippen MR) is 614 cm³/mol. The van der Waals surface area contributed by atoms with Crippen LogP contribution in [0, 0.1) is 23.7 Å². The van der Waals surface area contributed by atoms with Gasteiger partial charge in [0.25, 0.3) is 17.7 Å². The van der Waals surface area contributed by atoms with Crippen LogP contribution in [0.15, 0.2) is 96.2 Å². The number of Topliss-reactive ketones (excluding diaryl/α,β-unsaturated/α-hetero) is 4. The highest BCUT2D eigenvalue weighted by Crippen LogP contribution is 2.30. The van der Waals surface area contributed by atoms with E-state index < -0.39 is 0 Å². The normalized spacial score (nSPS) is 12.9. The van der Waals surface area contributed by atoms with E-state index in [-0.39, 0.29) is 93.0 Å². The van der Waals surface area contributed by atoms with Gasteiger partial charge in [-0.1, -0.05) is 478 Å². The first-order valence-electron chi connectivity index (χ1n) is 61.1. The van der Waals surface area contributed by atoms with E-state index in [1.807, 2.05) is 0 Å². The fraction of sp³-hybridized carbons (Fsp3) is 0.783. The van der Waals surface area contributed by atoms with Crippen molar-refractivity contribution in [3.63, 3.8) is 0 Å². The second-order valence-corrected chi connectivity index (χ2v) is 42.2. The fourth-order valence-corrected chi connectivity index (χ4v) is 19.3. The summed E-state index contributed by atoms with van der Waals surface area (Å²) in [5, 5.41) is 12.4. The lowest BCUT2D eigenvalue weighted by Crippen LogP contribution is -2.32. The Morgan fingerprint density at radius 2 is 0.525 bits per heavy atom. The minimum atomic E-state index is -0.341. The van der Waals surface area contributed by atoms with Gasteiger partial charge in [-0.3, -0.25) is 38.4 Å². The Morgan fingerprint density at radius 3 is 0.858 bits per heavy atom. The Labute approximate surface area is 872 Å². The van der Waals surface area contributed by atoms with Crippen molar-refractivity contribution in [2.45, 2.75) is 603 Å². The van der Waals surface area contributed by atoms with Crippen LogP contribution in [0.3, 0.4) is 0 Å². The van der Waals surface area contributed by atoms with E-state index in [0.717, 1.165) is 225 Å². The number of rotatable bonds is 103. The molecule has 0 fully saturated rings. The molecule has 4 amide bonds. The SMILES string of the molecule is C=C/C(C(=O)NCCCCCCCC/C=C\CCCCCCCC)=C(\C=C(/CC(=O)NCCCCCCCC/C=C\CCCCCCCC)C(=O)CCC(CC)CCCC)C(=O)CCC(CC)CCCC.CCCCCCCC/C=C\CCCCCCCCCC(=O)c1cc(C(=O)CCC(CC)CCCC)c(C(=O)NCCCCCCCC/C=C\CCCCCCCC)cc1C(=O)NCC(CC)CCCC. The Bertz CT molecular complexity index is 3280. The van der Waals surface area contributed by atoms with Gasteiger partial charge in [0.15, 0.2) is 23.1 Å². The molecular formula is C129H228N4O8. The molecule has 0 saturated heterocycles. The molecule has 141 heavy (non-hydrogen) atoms. The fourth-order valence-electron chi connectivity index (χ4n) is 19.3. The van der Waals surface area contributed by atoms with Crippen LogP contribution in [-0.4, -0.2) is 72.9 Å². The van der Waals surface area contributed by atoms with Gasteiger partial charge in [0.1, 0.15) is 0 Å². The van der Waals surface area contributed by atoms with Crippen molar-refractivity contribution in [2.75, 3.05) is 26.2 Å². The van der Waals surface area contributed by atoms with Gasteiger partial charge in [0.2, 0.25) is 5.91 Å². The van der Waals surface area contributed by atoms with Gasteiger partial charge < -0.3 is 21.3 Å². The first-order valence-corrected chi connectivity index (χ1v) is 61.1. The van der Waals surface area contributed by atoms with Crippen molar-refractivity contribution in [1.29, 1.82) is 0 Å². The molecule has 1 rings (SSSR count). The summed E-state index contributed by atoms with van der Waals surface area (Å²) in [5.41, 5.74) is 1.76. The zero-order valence-electron chi connectivity index (χ0n) is 94.8. The highest BCUT2D eigenvalue weighted by Gasteiger charge is 2.29. The summed E-state index contributed by atoms with van der Waals surface area (Å²) in [4.78, 5) is 113. The van der Waals surface area contributed by atoms with Crippen LogP contribution in [-0.2, 0) is 19.2 Å². The van der Waals surface area contributed by atoms with Gasteiger partial charge in [-0.2, -0.15) is 0 Å². The molecule has 0 spiro atoms. The lowest BCUT2D eigenvalue weighted by molar-refractivity contribution is -0.122. The molecular weight excluding hydrogens is 1730 g/mol. The zero-order valence-corrected chi connectivity index (χ0v) is 94.8. The van der Waals surface area contributed by atoms with E-state index in [4.69, 9.17) is 0 Å². The van der Waals surface area contributed by atoms with Crippen LogP contribution >= 0.6 is 0 Å². The van der Waals surface area contributed by atoms with Crippen molar-refractivity contribution >= 4 is 46.8 Å². The molecule has 4 N–H and O–H groups in total. The average molecular weight is 1960 g/mol. The lowest BCUT2D eigenvalue weighted by Gasteiger charge is -2.19. The predicted octanol–water partition coefficient (Wildman–Crippen LogP) is 38.8. The molecule has 0 aliphatic rings. The summed E-state index contributed by atoms with van der Waals surface area (Å²) in [6.07, 6.45) is 112. The van der Waals surface area contributed by atoms with Gasteiger partial charge >= 0.3 is 0 Å². The lowest BCUT2D eigenvalue weighted by atomic mass is 9.88. The minimum Gasteiger partial charge on any atom is -0.356 e. The standard InChI is InChI=1S/C65H116N2O4.C64H112N2O4/c1-8-15-19-21-23-25-27-29-31-33-35-37-39-41-43-45-53-66-64(70)56-59(62(68)51-49-57(12-5)47-17-10-3)55-61(63(69)52-50-58(13-6)48-18-11-4)60(14-7)65(71)67-54-46-44-42-40-38-36-34-32-30-28-26-24-22-20-16-9-2;1-7-13-17-19-21-23-25-27-29-31-32-34-36-38-40-42-44-48-61(67)57-52-58(62(68)50-49-55(11-5)46-15-9-3)59(53-60(57)64(70)66-54-56(12-6)47-16-10-4)63(69)65-51-45-43-41-39-37-35-33-30-28-26-24-22-20-18-14-8-2/h14,29-32,55,57-58H,7-13,15-28,33-54,56H2,1-6H3,(H,66,70)(H,67,71);27-30,52-53,55-56H,7-26,31-51,54H2,1-6H3,(H,65,69)(H,66,70)/b31-29-,32-30-,59-55+,61-60-;29-27-,30-28-. The van der Waals surface area contributed by atoms with Crippen molar-refractivity contribution in [3.05, 3.63) is 118 Å². The Kier molecular flexibility index (Phi) is 98.2. The maximum Gasteiger partial charge on any atom is 0.252 e. The topological polar surface area (TPSA) is 185 Å². The number of benzene rings is 1. The Morgan fingerprint density at radius 1 is 0.255 bits per heavy atom. The third-order valence-electron chi connectivity index (χ3n) is 29.5. The molecule has 1 aromatic rings. The van der Waals surface area contributed by atoms with E-state index in [1.165, 1.54) is 269 Å². The van der Waals surface area contributed by atoms with E-state index in [2.05, 4.69) is 160 Å². The molecule has 812 valence electrons. The van der Waals surface area contributed by atoms with Crippen molar-refractivity contribution in [3.8, 4) is 0 Å². The Balaban J connectivity index is 0.00000278. The number of allylic oxidation sites excluding steroid dienone is 10. The summed E-state index contributed by atoms with van der Waals surface area (Å²) in [6, 6.07) is 3.21. The largest absolute Gasteiger partial charge is 0.356 e. The second-order valence-electron chi connectivity index (χ2n) is 42.2. The van der Waals surface area contributed by atoms with Crippen LogP contribution in [0.1, 0.15) is 645 Å². The number of ketones is 4. The second kappa shape index (κ2) is 103. The highest BCUT2D eigenvalue weighted by molar-refractivity contribution is 6.15. The Hall–Kier alpha value is -6.04. The first kappa shape index (κ1) is 135. The summed E-state index contributed by atoms with van der Waals surface area (Å²) in [7, 11) is 0.